The Labute approximate surface area is 90.8 Å². The van der Waals surface area contributed by atoms with E-state index in [1.807, 2.05) is 0 Å². The molecule has 2 atom stereocenters. The molecule has 15 heavy (non-hydrogen) atoms. The number of piperidine rings is 1. The summed E-state index contributed by atoms with van der Waals surface area (Å²) in [5, 5.41) is 6.36. The summed E-state index contributed by atoms with van der Waals surface area (Å²) in [4.78, 5) is 11.5. The van der Waals surface area contributed by atoms with Gasteiger partial charge in [0.25, 0.3) is 0 Å². The highest BCUT2D eigenvalue weighted by molar-refractivity contribution is 5.82. The van der Waals surface area contributed by atoms with Crippen molar-refractivity contribution in [3.8, 4) is 0 Å². The molecule has 2 rings (SSSR count). The number of nitrogens with one attached hydrogen (secondary N) is 2. The first-order valence-electron chi connectivity index (χ1n) is 5.98. The van der Waals surface area contributed by atoms with E-state index in [1.54, 1.807) is 0 Å². The molecule has 0 aromatic carbocycles. The zero-order valence-corrected chi connectivity index (χ0v) is 9.13. The summed E-state index contributed by atoms with van der Waals surface area (Å²) in [5.74, 6) is 0.173. The Morgan fingerprint density at radius 1 is 1.20 bits per heavy atom. The summed E-state index contributed by atoms with van der Waals surface area (Å²) in [6, 6.07) is 0.489. The quantitative estimate of drug-likeness (QED) is 0.697. The molecule has 2 aliphatic rings. The van der Waals surface area contributed by atoms with Crippen LogP contribution in [0.2, 0.25) is 0 Å². The van der Waals surface area contributed by atoms with Gasteiger partial charge in [-0.25, -0.2) is 0 Å². The number of carbonyl (C=O) groups is 1. The standard InChI is InChI=1S/C11H20N2O2/c14-11-10(4-1-6-12-11)13-9-3-2-7-15-8-5-9/h9-10,13H,1-8H2,(H,12,14). The molecule has 2 aliphatic heterocycles. The predicted molar refractivity (Wildman–Crippen MR) is 57.6 cm³/mol. The van der Waals surface area contributed by atoms with E-state index in [0.29, 0.717) is 6.04 Å². The Hall–Kier alpha value is -0.610. The Kier molecular flexibility index (Phi) is 3.97. The van der Waals surface area contributed by atoms with Crippen molar-refractivity contribution in [3.63, 3.8) is 0 Å². The maximum atomic E-state index is 11.5. The van der Waals surface area contributed by atoms with E-state index in [2.05, 4.69) is 10.6 Å². The zero-order valence-electron chi connectivity index (χ0n) is 9.13. The number of ether oxygens (including phenoxy) is 1. The Bertz CT molecular complexity index is 213. The first-order valence-corrected chi connectivity index (χ1v) is 5.98. The van der Waals surface area contributed by atoms with Crippen LogP contribution in [-0.2, 0) is 9.53 Å². The zero-order chi connectivity index (χ0) is 10.5. The molecular weight excluding hydrogens is 192 g/mol. The maximum Gasteiger partial charge on any atom is 0.237 e. The SMILES string of the molecule is O=C1NCCCC1NC1CCCOCC1. The van der Waals surface area contributed by atoms with Crippen LogP contribution in [0, 0.1) is 0 Å². The van der Waals surface area contributed by atoms with Crippen LogP contribution in [-0.4, -0.2) is 37.7 Å². The second kappa shape index (κ2) is 5.47. The van der Waals surface area contributed by atoms with Crippen LogP contribution in [0.25, 0.3) is 0 Å². The Morgan fingerprint density at radius 3 is 3.00 bits per heavy atom. The highest BCUT2D eigenvalue weighted by atomic mass is 16.5. The van der Waals surface area contributed by atoms with Crippen molar-refractivity contribution < 1.29 is 9.53 Å². The minimum Gasteiger partial charge on any atom is -0.381 e. The van der Waals surface area contributed by atoms with Gasteiger partial charge < -0.3 is 15.4 Å². The van der Waals surface area contributed by atoms with Gasteiger partial charge in [0.2, 0.25) is 5.91 Å². The summed E-state index contributed by atoms with van der Waals surface area (Å²) >= 11 is 0. The van der Waals surface area contributed by atoms with Gasteiger partial charge in [-0.1, -0.05) is 0 Å². The van der Waals surface area contributed by atoms with Gasteiger partial charge in [-0.2, -0.15) is 0 Å². The molecule has 0 radical (unpaired) electrons. The molecule has 0 bridgehead atoms. The number of rotatable bonds is 2. The molecule has 4 heteroatoms. The van der Waals surface area contributed by atoms with Gasteiger partial charge in [0.1, 0.15) is 0 Å². The van der Waals surface area contributed by atoms with Crippen molar-refractivity contribution in [2.24, 2.45) is 0 Å². The molecule has 2 heterocycles. The lowest BCUT2D eigenvalue weighted by Gasteiger charge is -2.27. The maximum absolute atomic E-state index is 11.5. The molecule has 2 unspecified atom stereocenters. The van der Waals surface area contributed by atoms with Crippen molar-refractivity contribution in [2.45, 2.75) is 44.2 Å². The van der Waals surface area contributed by atoms with E-state index in [9.17, 15) is 4.79 Å². The first-order chi connectivity index (χ1) is 7.36. The largest absolute Gasteiger partial charge is 0.381 e. The topological polar surface area (TPSA) is 50.4 Å². The van der Waals surface area contributed by atoms with E-state index in [4.69, 9.17) is 4.74 Å². The van der Waals surface area contributed by atoms with Crippen molar-refractivity contribution in [1.29, 1.82) is 0 Å². The molecule has 2 fully saturated rings. The van der Waals surface area contributed by atoms with E-state index in [-0.39, 0.29) is 11.9 Å². The molecule has 0 saturated carbocycles. The number of carbonyl (C=O) groups excluding carboxylic acids is 1. The van der Waals surface area contributed by atoms with Crippen LogP contribution in [0.5, 0.6) is 0 Å². The van der Waals surface area contributed by atoms with E-state index in [1.165, 1.54) is 0 Å². The van der Waals surface area contributed by atoms with Gasteiger partial charge in [-0.05, 0) is 32.1 Å². The lowest BCUT2D eigenvalue weighted by Crippen LogP contribution is -2.51. The van der Waals surface area contributed by atoms with Crippen molar-refractivity contribution >= 4 is 5.91 Å². The smallest absolute Gasteiger partial charge is 0.237 e. The summed E-state index contributed by atoms with van der Waals surface area (Å²) in [5.41, 5.74) is 0. The van der Waals surface area contributed by atoms with Gasteiger partial charge in [0.05, 0.1) is 6.04 Å². The van der Waals surface area contributed by atoms with E-state index in [0.717, 1.165) is 51.9 Å². The summed E-state index contributed by atoms with van der Waals surface area (Å²) in [6.45, 7) is 2.53. The Balaban J connectivity index is 1.80. The summed E-state index contributed by atoms with van der Waals surface area (Å²) in [6.07, 6.45) is 5.33. The van der Waals surface area contributed by atoms with Crippen LogP contribution < -0.4 is 10.6 Å². The molecule has 0 aliphatic carbocycles. The van der Waals surface area contributed by atoms with Crippen LogP contribution in [0.3, 0.4) is 0 Å². The fourth-order valence-corrected chi connectivity index (χ4v) is 2.29. The third kappa shape index (κ3) is 3.18. The van der Waals surface area contributed by atoms with Gasteiger partial charge in [-0.15, -0.1) is 0 Å². The monoisotopic (exact) mass is 212 g/mol. The molecule has 0 aromatic heterocycles. The molecular formula is C11H20N2O2. The minimum absolute atomic E-state index is 0.0295. The van der Waals surface area contributed by atoms with Crippen LogP contribution in [0.15, 0.2) is 0 Å². The van der Waals surface area contributed by atoms with Gasteiger partial charge >= 0.3 is 0 Å². The third-order valence-corrected chi connectivity index (χ3v) is 3.17. The fraction of sp³-hybridized carbons (Fsp3) is 0.909. The highest BCUT2D eigenvalue weighted by Crippen LogP contribution is 2.11. The molecule has 2 N–H and O–H groups in total. The van der Waals surface area contributed by atoms with Crippen molar-refractivity contribution in [3.05, 3.63) is 0 Å². The van der Waals surface area contributed by atoms with Crippen molar-refractivity contribution in [2.75, 3.05) is 19.8 Å². The molecule has 0 aromatic rings. The first kappa shape index (κ1) is 10.9. The highest BCUT2D eigenvalue weighted by Gasteiger charge is 2.24. The second-order valence-corrected chi connectivity index (χ2v) is 4.39. The van der Waals surface area contributed by atoms with E-state index >= 15 is 0 Å². The van der Waals surface area contributed by atoms with Crippen LogP contribution in [0.1, 0.15) is 32.1 Å². The number of amides is 1. The average Bonchev–Trinajstić information content (AvgIpc) is 2.50. The second-order valence-electron chi connectivity index (χ2n) is 4.39. The Morgan fingerprint density at radius 2 is 2.13 bits per heavy atom. The summed E-state index contributed by atoms with van der Waals surface area (Å²) < 4.78 is 5.40. The average molecular weight is 212 g/mol. The predicted octanol–water partition coefficient (Wildman–Crippen LogP) is 0.424. The normalized spacial score (nSPS) is 33.2. The fourth-order valence-electron chi connectivity index (χ4n) is 2.29. The molecule has 1 amide bonds. The van der Waals surface area contributed by atoms with E-state index < -0.39 is 0 Å². The number of hydrogen-bond acceptors (Lipinski definition) is 3. The number of hydrogen-bond donors (Lipinski definition) is 2. The lowest BCUT2D eigenvalue weighted by molar-refractivity contribution is -0.124. The molecule has 2 saturated heterocycles. The minimum atomic E-state index is 0.0295. The molecule has 86 valence electrons. The van der Waals surface area contributed by atoms with Crippen molar-refractivity contribution in [1.82, 2.24) is 10.6 Å². The van der Waals surface area contributed by atoms with Gasteiger partial charge in [0, 0.05) is 25.8 Å². The summed E-state index contributed by atoms with van der Waals surface area (Å²) in [7, 11) is 0. The lowest BCUT2D eigenvalue weighted by atomic mass is 10.0. The van der Waals surface area contributed by atoms with Gasteiger partial charge in [-0.3, -0.25) is 4.79 Å². The third-order valence-electron chi connectivity index (χ3n) is 3.17. The van der Waals surface area contributed by atoms with Crippen LogP contribution in [0.4, 0.5) is 0 Å². The molecule has 4 nitrogen and oxygen atoms in total. The van der Waals surface area contributed by atoms with Crippen LogP contribution >= 0.6 is 0 Å². The molecule has 0 spiro atoms. The van der Waals surface area contributed by atoms with Gasteiger partial charge in [0.15, 0.2) is 0 Å².